The van der Waals surface area contributed by atoms with E-state index >= 15 is 0 Å². The number of carbonyl (C=O) groups excluding carboxylic acids is 1. The largest absolute Gasteiger partial charge is 0.409 e. The van der Waals surface area contributed by atoms with E-state index in [-0.39, 0.29) is 5.88 Å². The number of benzene rings is 3. The number of carbonyl (C=O) groups is 1. The van der Waals surface area contributed by atoms with Gasteiger partial charge in [0.15, 0.2) is 0 Å². The van der Waals surface area contributed by atoms with Crippen LogP contribution in [0.3, 0.4) is 0 Å². The highest BCUT2D eigenvalue weighted by molar-refractivity contribution is 7.12. The van der Waals surface area contributed by atoms with E-state index in [9.17, 15) is 4.79 Å². The Kier molecular flexibility index (Phi) is 5.16. The van der Waals surface area contributed by atoms with E-state index in [0.717, 1.165) is 34.4 Å². The van der Waals surface area contributed by atoms with Crippen molar-refractivity contribution in [3.63, 3.8) is 0 Å². The van der Waals surface area contributed by atoms with Gasteiger partial charge in [-0.05, 0) is 23.8 Å². The smallest absolute Gasteiger partial charge is 0.299 e. The molecule has 2 heterocycles. The number of nitrogens with one attached hydrogen (secondary N) is 1. The second kappa shape index (κ2) is 8.41. The van der Waals surface area contributed by atoms with Gasteiger partial charge in [0.05, 0.1) is 10.9 Å². The van der Waals surface area contributed by atoms with Gasteiger partial charge in [0.2, 0.25) is 11.0 Å². The van der Waals surface area contributed by atoms with Gasteiger partial charge >= 0.3 is 0 Å². The minimum absolute atomic E-state index is 0.262. The van der Waals surface area contributed by atoms with Gasteiger partial charge in [0.1, 0.15) is 5.69 Å². The number of hydrogen-bond acceptors (Lipinski definition) is 6. The monoisotopic (exact) mass is 426 g/mol. The summed E-state index contributed by atoms with van der Waals surface area (Å²) in [4.78, 5) is 15.1. The third-order valence-electron chi connectivity index (χ3n) is 4.89. The zero-order chi connectivity index (χ0) is 21.0. The highest BCUT2D eigenvalue weighted by Gasteiger charge is 2.16. The van der Waals surface area contributed by atoms with Crippen LogP contribution in [0.5, 0.6) is 5.88 Å². The standard InChI is InChI=1S/C24H18N4O2S/c29-16-30-22-15-31-24(26-22)28-21-13-19(25-14-17-7-3-1-4-8-17)11-12-20(21)23(27-28)18-9-5-2-6-10-18/h1-13,15-16,25H,14H2. The van der Waals surface area contributed by atoms with Gasteiger partial charge < -0.3 is 10.1 Å². The van der Waals surface area contributed by atoms with Gasteiger partial charge in [-0.1, -0.05) is 72.0 Å². The summed E-state index contributed by atoms with van der Waals surface area (Å²) in [7, 11) is 0. The fraction of sp³-hybridized carbons (Fsp3) is 0.0417. The molecule has 5 aromatic rings. The van der Waals surface area contributed by atoms with E-state index in [2.05, 4.69) is 40.6 Å². The first-order valence-corrected chi connectivity index (χ1v) is 10.6. The van der Waals surface area contributed by atoms with Gasteiger partial charge in [-0.25, -0.2) is 4.68 Å². The molecule has 0 amide bonds. The first-order valence-electron chi connectivity index (χ1n) is 9.74. The van der Waals surface area contributed by atoms with Crippen molar-refractivity contribution in [3.05, 3.63) is 89.8 Å². The van der Waals surface area contributed by atoms with Crippen LogP contribution in [0.4, 0.5) is 5.69 Å². The molecule has 0 atom stereocenters. The van der Waals surface area contributed by atoms with Crippen molar-refractivity contribution in [2.75, 3.05) is 5.32 Å². The first kappa shape index (κ1) is 19.0. The van der Waals surface area contributed by atoms with Crippen molar-refractivity contribution in [1.82, 2.24) is 14.8 Å². The van der Waals surface area contributed by atoms with E-state index in [4.69, 9.17) is 9.84 Å². The number of rotatable bonds is 7. The fourth-order valence-corrected chi connectivity index (χ4v) is 4.13. The third-order valence-corrected chi connectivity index (χ3v) is 5.68. The molecule has 0 saturated heterocycles. The molecular formula is C24H18N4O2S. The summed E-state index contributed by atoms with van der Waals surface area (Å²) < 4.78 is 6.69. The topological polar surface area (TPSA) is 69.0 Å². The zero-order valence-electron chi connectivity index (χ0n) is 16.4. The van der Waals surface area contributed by atoms with Crippen LogP contribution in [-0.4, -0.2) is 21.2 Å². The minimum Gasteiger partial charge on any atom is -0.409 e. The number of aromatic nitrogens is 3. The molecule has 0 aliphatic heterocycles. The Balaban J connectivity index is 1.58. The summed E-state index contributed by atoms with van der Waals surface area (Å²) in [5.41, 5.74) is 5.01. The lowest BCUT2D eigenvalue weighted by Crippen LogP contribution is -2.00. The predicted molar refractivity (Wildman–Crippen MR) is 123 cm³/mol. The van der Waals surface area contributed by atoms with Crippen LogP contribution in [0.1, 0.15) is 5.56 Å². The van der Waals surface area contributed by atoms with Crippen LogP contribution in [-0.2, 0) is 11.3 Å². The average Bonchev–Trinajstić information content (AvgIpc) is 3.43. The molecule has 6 nitrogen and oxygen atoms in total. The summed E-state index contributed by atoms with van der Waals surface area (Å²) in [5.74, 6) is 0.262. The Morgan fingerprint density at radius 1 is 1.00 bits per heavy atom. The molecule has 0 aliphatic rings. The van der Waals surface area contributed by atoms with Crippen LogP contribution in [0.2, 0.25) is 0 Å². The lowest BCUT2D eigenvalue weighted by Gasteiger charge is -2.07. The maximum absolute atomic E-state index is 10.7. The number of nitrogens with zero attached hydrogens (tertiary/aromatic N) is 3. The van der Waals surface area contributed by atoms with Crippen LogP contribution >= 0.6 is 11.3 Å². The quantitative estimate of drug-likeness (QED) is 0.358. The number of ether oxygens (including phenoxy) is 1. The Morgan fingerprint density at radius 2 is 1.77 bits per heavy atom. The summed E-state index contributed by atoms with van der Waals surface area (Å²) in [6.45, 7) is 1.10. The van der Waals surface area contributed by atoms with Crippen molar-refractivity contribution in [1.29, 1.82) is 0 Å². The molecule has 5 rings (SSSR count). The molecule has 0 radical (unpaired) electrons. The highest BCUT2D eigenvalue weighted by Crippen LogP contribution is 2.33. The molecule has 1 N–H and O–H groups in total. The molecule has 31 heavy (non-hydrogen) atoms. The summed E-state index contributed by atoms with van der Waals surface area (Å²) in [5, 5.41) is 11.7. The fourth-order valence-electron chi connectivity index (χ4n) is 3.43. The first-order chi connectivity index (χ1) is 15.3. The molecule has 0 bridgehead atoms. The van der Waals surface area contributed by atoms with Crippen molar-refractivity contribution in [2.24, 2.45) is 0 Å². The van der Waals surface area contributed by atoms with Crippen LogP contribution < -0.4 is 10.1 Å². The van der Waals surface area contributed by atoms with Crippen molar-refractivity contribution in [3.8, 4) is 22.3 Å². The molecule has 0 unspecified atom stereocenters. The van der Waals surface area contributed by atoms with Crippen molar-refractivity contribution in [2.45, 2.75) is 6.54 Å². The number of fused-ring (bicyclic) bond motifs is 1. The average molecular weight is 427 g/mol. The second-order valence-corrected chi connectivity index (χ2v) is 7.72. The van der Waals surface area contributed by atoms with Gasteiger partial charge in [-0.15, -0.1) is 0 Å². The molecule has 3 aromatic carbocycles. The Bertz CT molecular complexity index is 1330. The highest BCUT2D eigenvalue weighted by atomic mass is 32.1. The van der Waals surface area contributed by atoms with Crippen LogP contribution in [0.25, 0.3) is 27.3 Å². The predicted octanol–water partition coefficient (Wildman–Crippen LogP) is 5.30. The van der Waals surface area contributed by atoms with E-state index in [1.807, 2.05) is 48.5 Å². The van der Waals surface area contributed by atoms with E-state index in [0.29, 0.717) is 11.6 Å². The van der Waals surface area contributed by atoms with Gasteiger partial charge in [0, 0.05) is 23.2 Å². The Hall–Kier alpha value is -3.97. The van der Waals surface area contributed by atoms with Crippen LogP contribution in [0, 0.1) is 0 Å². The second-order valence-electron chi connectivity index (χ2n) is 6.88. The molecule has 152 valence electrons. The molecule has 7 heteroatoms. The molecule has 0 saturated carbocycles. The third kappa shape index (κ3) is 3.91. The molecule has 2 aromatic heterocycles. The minimum atomic E-state index is 0.262. The summed E-state index contributed by atoms with van der Waals surface area (Å²) >= 11 is 1.37. The SMILES string of the molecule is O=COc1csc(-n2nc(-c3ccccc3)c3ccc(NCc4ccccc4)cc32)n1. The van der Waals surface area contributed by atoms with E-state index < -0.39 is 0 Å². The lowest BCUT2D eigenvalue weighted by molar-refractivity contribution is -0.120. The van der Waals surface area contributed by atoms with Gasteiger partial charge in [-0.2, -0.15) is 10.1 Å². The summed E-state index contributed by atoms with van der Waals surface area (Å²) in [6, 6.07) is 26.5. The normalized spacial score (nSPS) is 10.8. The number of hydrogen-bond donors (Lipinski definition) is 1. The maximum Gasteiger partial charge on any atom is 0.299 e. The van der Waals surface area contributed by atoms with Gasteiger partial charge in [0.25, 0.3) is 6.47 Å². The van der Waals surface area contributed by atoms with Gasteiger partial charge in [-0.3, -0.25) is 4.79 Å². The number of anilines is 1. The number of thiazole rings is 1. The van der Waals surface area contributed by atoms with Crippen molar-refractivity contribution >= 4 is 34.4 Å². The maximum atomic E-state index is 10.7. The van der Waals surface area contributed by atoms with E-state index in [1.54, 1.807) is 10.1 Å². The molecule has 0 aliphatic carbocycles. The lowest BCUT2D eigenvalue weighted by atomic mass is 10.1. The Morgan fingerprint density at radius 3 is 2.55 bits per heavy atom. The Labute approximate surface area is 182 Å². The molecule has 0 fully saturated rings. The molecular weight excluding hydrogens is 408 g/mol. The molecule has 0 spiro atoms. The van der Waals surface area contributed by atoms with E-state index in [1.165, 1.54) is 16.9 Å². The zero-order valence-corrected chi connectivity index (χ0v) is 17.3. The van der Waals surface area contributed by atoms with Crippen molar-refractivity contribution < 1.29 is 9.53 Å². The summed E-state index contributed by atoms with van der Waals surface area (Å²) in [6.07, 6.45) is 0. The van der Waals surface area contributed by atoms with Crippen LogP contribution in [0.15, 0.2) is 84.2 Å².